The van der Waals surface area contributed by atoms with Crippen molar-refractivity contribution in [3.05, 3.63) is 0 Å². The van der Waals surface area contributed by atoms with Crippen molar-refractivity contribution in [3.63, 3.8) is 0 Å². The van der Waals surface area contributed by atoms with Gasteiger partial charge in [0.2, 0.25) is 0 Å². The first-order chi connectivity index (χ1) is 15.7. The summed E-state index contributed by atoms with van der Waals surface area (Å²) >= 11 is 0. The molecule has 0 aromatic heterocycles. The first kappa shape index (κ1) is 31.6. The van der Waals surface area contributed by atoms with E-state index in [1.807, 2.05) is 0 Å². The molecule has 0 atom stereocenters. The van der Waals surface area contributed by atoms with Crippen LogP contribution in [0.2, 0.25) is 19.0 Å². The van der Waals surface area contributed by atoms with Crippen LogP contribution in [0.3, 0.4) is 0 Å². The van der Waals surface area contributed by atoms with Crippen molar-refractivity contribution in [2.75, 3.05) is 0 Å². The Kier molecular flexibility index (Phi) is 25.0. The van der Waals surface area contributed by atoms with Gasteiger partial charge < -0.3 is 5.82 Å². The Labute approximate surface area is 205 Å². The topological polar surface area (TPSA) is 0 Å². The summed E-state index contributed by atoms with van der Waals surface area (Å²) in [7, 11) is 0. The minimum atomic E-state index is -0.461. The molecular weight excluding hydrogens is 383 g/mol. The Morgan fingerprint density at radius 1 is 0.375 bits per heavy atom. The minimum Gasteiger partial charge on any atom is -0.315 e. The Bertz CT molecular complexity index is 375. The Hall–Kier alpha value is -0.375. The van der Waals surface area contributed by atoms with Crippen LogP contribution >= 0.6 is 0 Å². The Balaban J connectivity index is 4.87. The maximum atomic E-state index is 4.01. The predicted molar refractivity (Wildman–Crippen MR) is 152 cm³/mol. The molecule has 0 aromatic rings. The summed E-state index contributed by atoms with van der Waals surface area (Å²) in [4.78, 5) is 0. The first-order valence-corrected chi connectivity index (χ1v) is 15.4. The smallest absolute Gasteiger partial charge is 0.0708 e. The van der Waals surface area contributed by atoms with Gasteiger partial charge in [-0.25, -0.2) is 0 Å². The van der Waals surface area contributed by atoms with Crippen molar-refractivity contribution in [3.8, 4) is 11.7 Å². The van der Waals surface area contributed by atoms with Crippen LogP contribution in [0.25, 0.3) is 0 Å². The van der Waals surface area contributed by atoms with Gasteiger partial charge in [-0.2, -0.15) is 24.9 Å². The van der Waals surface area contributed by atoms with Gasteiger partial charge in [-0.3, -0.25) is 0 Å². The summed E-state index contributed by atoms with van der Waals surface area (Å²) in [5.41, 5.74) is 0. The van der Waals surface area contributed by atoms with Gasteiger partial charge in [0, 0.05) is 6.42 Å². The second kappa shape index (κ2) is 25.3. The molecule has 0 nitrogen and oxygen atoms in total. The van der Waals surface area contributed by atoms with Crippen LogP contribution in [0.5, 0.6) is 0 Å². The maximum Gasteiger partial charge on any atom is 0.0708 e. The third kappa shape index (κ3) is 20.2. The van der Waals surface area contributed by atoms with E-state index in [1.54, 1.807) is 0 Å². The van der Waals surface area contributed by atoms with E-state index in [0.717, 1.165) is 6.42 Å². The average Bonchev–Trinajstić information content (AvgIpc) is 2.80. The van der Waals surface area contributed by atoms with Gasteiger partial charge in [-0.15, -0.1) is 0 Å². The highest BCUT2D eigenvalue weighted by atomic mass is 14.0. The van der Waals surface area contributed by atoms with Crippen molar-refractivity contribution in [1.82, 2.24) is 0 Å². The number of hydrogen-bond acceptors (Lipinski definition) is 0. The van der Waals surface area contributed by atoms with E-state index in [9.17, 15) is 0 Å². The molecule has 0 aromatic carbocycles. The second-order valence-corrected chi connectivity index (χ2v) is 10.9. The van der Waals surface area contributed by atoms with E-state index in [-0.39, 0.29) is 0 Å². The fraction of sp³-hybridized carbons (Fsp3) is 0.935. The van der Waals surface area contributed by atoms with E-state index < -0.39 is 6.15 Å². The van der Waals surface area contributed by atoms with Crippen molar-refractivity contribution in [2.45, 2.75) is 188 Å². The molecule has 0 bridgehead atoms. The van der Waals surface area contributed by atoms with Crippen molar-refractivity contribution in [2.24, 2.45) is 0 Å². The van der Waals surface area contributed by atoms with Crippen LogP contribution in [-0.2, 0) is 0 Å². The molecule has 0 aliphatic heterocycles. The summed E-state index contributed by atoms with van der Waals surface area (Å²) in [6.45, 7) is 9.27. The summed E-state index contributed by atoms with van der Waals surface area (Å²) in [6, 6.07) is 0. The molecule has 0 heterocycles. The third-order valence-corrected chi connectivity index (χ3v) is 7.64. The molecule has 0 aliphatic carbocycles. The zero-order valence-electron chi connectivity index (χ0n) is 23.3. The van der Waals surface area contributed by atoms with E-state index in [4.69, 9.17) is 0 Å². The molecule has 0 spiro atoms. The summed E-state index contributed by atoms with van der Waals surface area (Å²) in [5, 5.41) is 0. The molecule has 0 rings (SSSR count). The fourth-order valence-corrected chi connectivity index (χ4v) is 5.35. The number of hydrogen-bond donors (Lipinski definition) is 0. The van der Waals surface area contributed by atoms with Gasteiger partial charge in [0.05, 0.1) is 6.15 Å². The summed E-state index contributed by atoms with van der Waals surface area (Å²) in [6.07, 6.45) is 34.5. The first-order valence-electron chi connectivity index (χ1n) is 15.4. The van der Waals surface area contributed by atoms with E-state index in [1.165, 1.54) is 154 Å². The van der Waals surface area contributed by atoms with Gasteiger partial charge >= 0.3 is 0 Å². The lowest BCUT2D eigenvalue weighted by Gasteiger charge is -2.35. The Morgan fingerprint density at radius 2 is 0.688 bits per heavy atom. The van der Waals surface area contributed by atoms with Crippen LogP contribution < -0.4 is 0 Å². The molecular formula is C31H62B-. The summed E-state index contributed by atoms with van der Waals surface area (Å²) in [5.74, 6) is 7.73. The fourth-order valence-electron chi connectivity index (χ4n) is 5.35. The normalized spacial score (nSPS) is 11.5. The van der Waals surface area contributed by atoms with Gasteiger partial charge in [0.25, 0.3) is 0 Å². The molecule has 1 heteroatoms. The van der Waals surface area contributed by atoms with E-state index >= 15 is 0 Å². The molecule has 190 valence electrons. The highest BCUT2D eigenvalue weighted by Gasteiger charge is 2.21. The molecule has 0 radical (unpaired) electrons. The molecule has 0 saturated heterocycles. The van der Waals surface area contributed by atoms with Gasteiger partial charge in [-0.05, 0) is 6.42 Å². The lowest BCUT2D eigenvalue weighted by atomic mass is 9.19. The molecule has 0 amide bonds. The zero-order valence-corrected chi connectivity index (χ0v) is 23.3. The lowest BCUT2D eigenvalue weighted by molar-refractivity contribution is 0.608. The van der Waals surface area contributed by atoms with Crippen LogP contribution in [0.1, 0.15) is 169 Å². The maximum absolute atomic E-state index is 4.01. The predicted octanol–water partition coefficient (Wildman–Crippen LogP) is 11.6. The zero-order chi connectivity index (χ0) is 23.6. The van der Waals surface area contributed by atoms with Crippen molar-refractivity contribution >= 4 is 6.15 Å². The second-order valence-electron chi connectivity index (χ2n) is 10.9. The van der Waals surface area contributed by atoms with Crippen LogP contribution in [0, 0.1) is 11.7 Å². The molecule has 0 saturated carbocycles. The standard InChI is InChI=1S/C31H62B/c1-5-9-13-17-21-25-29-32(28-24-20-16-12-8-4,30-26-22-18-14-10-6-2)31-27-23-19-15-11-7-3/h5-23,25-27,29-31H2,1-4H3/q-1. The largest absolute Gasteiger partial charge is 0.315 e. The lowest BCUT2D eigenvalue weighted by Crippen LogP contribution is -2.32. The average molecular weight is 446 g/mol. The van der Waals surface area contributed by atoms with Gasteiger partial charge in [-0.1, -0.05) is 156 Å². The minimum absolute atomic E-state index is 0.461. The SMILES string of the molecule is CCCCCC#C[B-](CCCCCCCC)(CCCCCCCC)CCCCCCCC. The number of unbranched alkanes of at least 4 members (excludes halogenated alkanes) is 18. The number of rotatable bonds is 24. The third-order valence-electron chi connectivity index (χ3n) is 7.64. The van der Waals surface area contributed by atoms with Crippen molar-refractivity contribution < 1.29 is 0 Å². The van der Waals surface area contributed by atoms with Crippen LogP contribution in [-0.4, -0.2) is 6.15 Å². The molecule has 0 unspecified atom stereocenters. The van der Waals surface area contributed by atoms with Gasteiger partial charge in [0.1, 0.15) is 0 Å². The monoisotopic (exact) mass is 445 g/mol. The van der Waals surface area contributed by atoms with Crippen LogP contribution in [0.15, 0.2) is 0 Å². The summed E-state index contributed by atoms with van der Waals surface area (Å²) < 4.78 is 0. The van der Waals surface area contributed by atoms with E-state index in [2.05, 4.69) is 39.4 Å². The molecule has 0 aliphatic rings. The van der Waals surface area contributed by atoms with Crippen LogP contribution in [0.4, 0.5) is 0 Å². The van der Waals surface area contributed by atoms with E-state index in [0.29, 0.717) is 0 Å². The van der Waals surface area contributed by atoms with Gasteiger partial charge in [0.15, 0.2) is 0 Å². The molecule has 32 heavy (non-hydrogen) atoms. The highest BCUT2D eigenvalue weighted by Crippen LogP contribution is 2.30. The molecule has 0 fully saturated rings. The molecule has 0 N–H and O–H groups in total. The van der Waals surface area contributed by atoms with Crippen molar-refractivity contribution in [1.29, 1.82) is 0 Å². The Morgan fingerprint density at radius 3 is 1.06 bits per heavy atom. The quantitative estimate of drug-likeness (QED) is 0.0787. The highest BCUT2D eigenvalue weighted by molar-refractivity contribution is 6.87.